The molecule has 1 aromatic heterocycles. The van der Waals surface area contributed by atoms with Crippen molar-refractivity contribution >= 4 is 23.3 Å². The molecule has 2 atom stereocenters. The van der Waals surface area contributed by atoms with Gasteiger partial charge in [0.15, 0.2) is 0 Å². The number of nitriles is 1. The number of nitrogens with zero attached hydrogens (tertiary/aromatic N) is 4. The van der Waals surface area contributed by atoms with Gasteiger partial charge in [0.1, 0.15) is 12.4 Å². The number of amides is 2. The Morgan fingerprint density at radius 2 is 2.29 bits per heavy atom. The summed E-state index contributed by atoms with van der Waals surface area (Å²) in [5.41, 5.74) is 3.06. The highest BCUT2D eigenvalue weighted by Gasteiger charge is 2.43. The fourth-order valence-electron chi connectivity index (χ4n) is 3.61. The molecule has 24 heavy (non-hydrogen) atoms. The van der Waals surface area contributed by atoms with Gasteiger partial charge in [0.2, 0.25) is 0 Å². The molecule has 120 valence electrons. The number of hydrogen-bond acceptors (Lipinski definition) is 4. The zero-order valence-corrected chi connectivity index (χ0v) is 13.5. The molecular formula is C17H14ClN5O. The van der Waals surface area contributed by atoms with Crippen LogP contribution in [0.15, 0.2) is 30.7 Å². The lowest BCUT2D eigenvalue weighted by Crippen LogP contribution is -2.44. The quantitative estimate of drug-likeness (QED) is 0.864. The first kappa shape index (κ1) is 14.9. The SMILES string of the molecule is N#Cc1ccc(NC(=O)N2C3CCC2c2cncnc2C3)cc1Cl. The summed E-state index contributed by atoms with van der Waals surface area (Å²) in [4.78, 5) is 23.1. The van der Waals surface area contributed by atoms with E-state index in [0.29, 0.717) is 16.3 Å². The number of anilines is 1. The number of rotatable bonds is 1. The Kier molecular flexibility index (Phi) is 3.58. The lowest BCUT2D eigenvalue weighted by Gasteiger charge is -2.35. The second-order valence-corrected chi connectivity index (χ2v) is 6.43. The van der Waals surface area contributed by atoms with Gasteiger partial charge < -0.3 is 10.2 Å². The van der Waals surface area contributed by atoms with Gasteiger partial charge in [-0.2, -0.15) is 5.26 Å². The molecule has 2 unspecified atom stereocenters. The van der Waals surface area contributed by atoms with Crippen molar-refractivity contribution in [1.82, 2.24) is 14.9 Å². The molecule has 2 aromatic rings. The highest BCUT2D eigenvalue weighted by molar-refractivity contribution is 6.32. The molecule has 2 aliphatic heterocycles. The second-order valence-electron chi connectivity index (χ2n) is 6.02. The van der Waals surface area contributed by atoms with Crippen LogP contribution in [0.4, 0.5) is 10.5 Å². The van der Waals surface area contributed by atoms with Gasteiger partial charge in [-0.1, -0.05) is 11.6 Å². The number of halogens is 1. The van der Waals surface area contributed by atoms with Crippen molar-refractivity contribution in [3.05, 3.63) is 52.6 Å². The summed E-state index contributed by atoms with van der Waals surface area (Å²) in [5, 5.41) is 12.1. The number of nitrogens with one attached hydrogen (secondary N) is 1. The molecule has 0 spiro atoms. The zero-order valence-electron chi connectivity index (χ0n) is 12.7. The van der Waals surface area contributed by atoms with E-state index in [-0.39, 0.29) is 18.1 Å². The average molecular weight is 340 g/mol. The molecule has 1 saturated heterocycles. The van der Waals surface area contributed by atoms with E-state index in [2.05, 4.69) is 15.3 Å². The molecule has 1 fully saturated rings. The van der Waals surface area contributed by atoms with Gasteiger partial charge in [-0.3, -0.25) is 0 Å². The van der Waals surface area contributed by atoms with E-state index in [1.54, 1.807) is 24.5 Å². The largest absolute Gasteiger partial charge is 0.322 e. The predicted octanol–water partition coefficient (Wildman–Crippen LogP) is 3.30. The van der Waals surface area contributed by atoms with E-state index in [0.717, 1.165) is 30.5 Å². The second kappa shape index (κ2) is 5.77. The van der Waals surface area contributed by atoms with Crippen molar-refractivity contribution in [1.29, 1.82) is 5.26 Å². The number of urea groups is 1. The lowest BCUT2D eigenvalue weighted by atomic mass is 10.00. The molecule has 2 bridgehead atoms. The van der Waals surface area contributed by atoms with E-state index >= 15 is 0 Å². The highest BCUT2D eigenvalue weighted by Crippen LogP contribution is 2.42. The van der Waals surface area contributed by atoms with E-state index in [9.17, 15) is 4.79 Å². The van der Waals surface area contributed by atoms with Gasteiger partial charge in [0.25, 0.3) is 0 Å². The molecule has 1 aromatic carbocycles. The monoisotopic (exact) mass is 339 g/mol. The van der Waals surface area contributed by atoms with Crippen molar-refractivity contribution in [3.8, 4) is 6.07 Å². The third kappa shape index (κ3) is 2.38. The number of aromatic nitrogens is 2. The predicted molar refractivity (Wildman–Crippen MR) is 88.5 cm³/mol. The topological polar surface area (TPSA) is 81.9 Å². The Morgan fingerprint density at radius 1 is 1.42 bits per heavy atom. The maximum absolute atomic E-state index is 12.8. The maximum Gasteiger partial charge on any atom is 0.322 e. The van der Waals surface area contributed by atoms with E-state index in [1.807, 2.05) is 17.2 Å². The van der Waals surface area contributed by atoms with Crippen LogP contribution >= 0.6 is 11.6 Å². The van der Waals surface area contributed by atoms with Crippen LogP contribution in [0.3, 0.4) is 0 Å². The number of carbonyl (C=O) groups is 1. The van der Waals surface area contributed by atoms with E-state index in [4.69, 9.17) is 16.9 Å². The maximum atomic E-state index is 12.8. The molecule has 0 radical (unpaired) electrons. The molecule has 3 heterocycles. The number of carbonyl (C=O) groups excluding carboxylic acids is 1. The van der Waals surface area contributed by atoms with Gasteiger partial charge in [-0.15, -0.1) is 0 Å². The van der Waals surface area contributed by atoms with Gasteiger partial charge in [0.05, 0.1) is 22.3 Å². The summed E-state index contributed by atoms with van der Waals surface area (Å²) in [5.74, 6) is 0. The van der Waals surface area contributed by atoms with Crippen molar-refractivity contribution < 1.29 is 4.79 Å². The molecule has 0 aliphatic carbocycles. The lowest BCUT2D eigenvalue weighted by molar-refractivity contribution is 0.178. The standard InChI is InChI=1S/C17H14ClN5O/c18-14-5-11(2-1-10(14)7-19)22-17(24)23-12-3-4-16(23)13-8-20-9-21-15(13)6-12/h1-2,5,8-9,12,16H,3-4,6H2,(H,22,24). The zero-order chi connectivity index (χ0) is 16.7. The van der Waals surface area contributed by atoms with Crippen molar-refractivity contribution in [2.45, 2.75) is 31.3 Å². The Bertz CT molecular complexity index is 862. The summed E-state index contributed by atoms with van der Waals surface area (Å²) in [7, 11) is 0. The molecule has 6 nitrogen and oxygen atoms in total. The summed E-state index contributed by atoms with van der Waals surface area (Å²) < 4.78 is 0. The Labute approximate surface area is 144 Å². The fourth-order valence-corrected chi connectivity index (χ4v) is 3.83. The van der Waals surface area contributed by atoms with Crippen LogP contribution in [0.25, 0.3) is 0 Å². The summed E-state index contributed by atoms with van der Waals surface area (Å²) in [6, 6.07) is 6.92. The molecule has 0 saturated carbocycles. The van der Waals surface area contributed by atoms with Crippen LogP contribution < -0.4 is 5.32 Å². The first-order valence-electron chi connectivity index (χ1n) is 7.75. The Hall–Kier alpha value is -2.65. The summed E-state index contributed by atoms with van der Waals surface area (Å²) in [6.45, 7) is 0. The molecule has 2 aliphatic rings. The van der Waals surface area contributed by atoms with Crippen molar-refractivity contribution in [3.63, 3.8) is 0 Å². The number of fused-ring (bicyclic) bond motifs is 4. The van der Waals surface area contributed by atoms with Gasteiger partial charge in [0, 0.05) is 29.9 Å². The van der Waals surface area contributed by atoms with Crippen LogP contribution in [-0.4, -0.2) is 26.9 Å². The average Bonchev–Trinajstić information content (AvgIpc) is 2.90. The van der Waals surface area contributed by atoms with Crippen molar-refractivity contribution in [2.75, 3.05) is 5.32 Å². The van der Waals surface area contributed by atoms with Crippen LogP contribution in [0.1, 0.15) is 35.7 Å². The van der Waals surface area contributed by atoms with Gasteiger partial charge >= 0.3 is 6.03 Å². The number of benzene rings is 1. The first-order chi connectivity index (χ1) is 11.7. The van der Waals surface area contributed by atoms with Crippen LogP contribution in [0.2, 0.25) is 5.02 Å². The van der Waals surface area contributed by atoms with Crippen LogP contribution in [-0.2, 0) is 6.42 Å². The molecule has 1 N–H and O–H groups in total. The smallest absolute Gasteiger partial charge is 0.314 e. The van der Waals surface area contributed by atoms with Gasteiger partial charge in [-0.05, 0) is 31.0 Å². The molecule has 7 heteroatoms. The summed E-state index contributed by atoms with van der Waals surface area (Å²) in [6.07, 6.45) is 6.02. The summed E-state index contributed by atoms with van der Waals surface area (Å²) >= 11 is 6.03. The Morgan fingerprint density at radius 3 is 3.08 bits per heavy atom. The van der Waals surface area contributed by atoms with Gasteiger partial charge in [-0.25, -0.2) is 14.8 Å². The minimum atomic E-state index is -0.155. The molecule has 4 rings (SSSR count). The first-order valence-corrected chi connectivity index (χ1v) is 8.13. The third-order valence-corrected chi connectivity index (χ3v) is 5.01. The third-order valence-electron chi connectivity index (χ3n) is 4.69. The fraction of sp³-hybridized carbons (Fsp3) is 0.294. The van der Waals surface area contributed by atoms with Crippen LogP contribution in [0.5, 0.6) is 0 Å². The van der Waals surface area contributed by atoms with E-state index < -0.39 is 0 Å². The molecule has 2 amide bonds. The highest BCUT2D eigenvalue weighted by atomic mass is 35.5. The molecular weight excluding hydrogens is 326 g/mol. The minimum Gasteiger partial charge on any atom is -0.314 e. The minimum absolute atomic E-state index is 0.0220. The van der Waals surface area contributed by atoms with E-state index in [1.165, 1.54) is 0 Å². The van der Waals surface area contributed by atoms with Crippen LogP contribution in [0, 0.1) is 11.3 Å². The normalized spacial score (nSPS) is 21.1. The Balaban J connectivity index is 1.58. The van der Waals surface area contributed by atoms with Crippen molar-refractivity contribution in [2.24, 2.45) is 0 Å². The number of hydrogen-bond donors (Lipinski definition) is 1.